The molecule has 168 valence electrons. The average molecular weight is 445 g/mol. The monoisotopic (exact) mass is 444 g/mol. The Balaban J connectivity index is 1.55. The number of nitrogens with zero attached hydrogens (tertiary/aromatic N) is 3. The Morgan fingerprint density at radius 3 is 2.29 bits per heavy atom. The number of aryl methyl sites for hydroxylation is 1. The minimum atomic E-state index is -3.61. The smallest absolute Gasteiger partial charge is 0.251 e. The highest BCUT2D eigenvalue weighted by Gasteiger charge is 2.23. The minimum absolute atomic E-state index is 0.180. The SMILES string of the molecule is Cc1cc(C(=O)NCCN2CCN(c3ccccc3)CC2)cc(S(=O)(=O)N(C)C)c1C. The molecule has 31 heavy (non-hydrogen) atoms. The Kier molecular flexibility index (Phi) is 7.35. The number of nitrogens with one attached hydrogen (secondary N) is 1. The molecule has 2 aromatic carbocycles. The lowest BCUT2D eigenvalue weighted by atomic mass is 10.1. The van der Waals surface area contributed by atoms with Crippen LogP contribution in [-0.2, 0) is 10.0 Å². The number of para-hydroxylation sites is 1. The summed E-state index contributed by atoms with van der Waals surface area (Å²) in [6, 6.07) is 13.6. The van der Waals surface area contributed by atoms with Crippen LogP contribution in [0.2, 0.25) is 0 Å². The van der Waals surface area contributed by atoms with Gasteiger partial charge in [0.15, 0.2) is 0 Å². The molecule has 1 aliphatic heterocycles. The van der Waals surface area contributed by atoms with E-state index >= 15 is 0 Å². The van der Waals surface area contributed by atoms with Crippen molar-refractivity contribution < 1.29 is 13.2 Å². The molecule has 1 saturated heterocycles. The largest absolute Gasteiger partial charge is 0.369 e. The van der Waals surface area contributed by atoms with Crippen molar-refractivity contribution in [3.05, 3.63) is 59.2 Å². The van der Waals surface area contributed by atoms with Crippen molar-refractivity contribution in [3.63, 3.8) is 0 Å². The van der Waals surface area contributed by atoms with E-state index in [1.807, 2.05) is 13.0 Å². The number of rotatable bonds is 7. The van der Waals surface area contributed by atoms with Gasteiger partial charge in [0, 0.05) is 64.6 Å². The third-order valence-corrected chi connectivity index (χ3v) is 7.79. The number of benzene rings is 2. The first-order chi connectivity index (χ1) is 14.7. The molecule has 0 bridgehead atoms. The summed E-state index contributed by atoms with van der Waals surface area (Å²) in [5.41, 5.74) is 3.07. The molecule has 8 heteroatoms. The van der Waals surface area contributed by atoms with Gasteiger partial charge in [0.1, 0.15) is 0 Å². The zero-order valence-corrected chi connectivity index (χ0v) is 19.6. The summed E-state index contributed by atoms with van der Waals surface area (Å²) >= 11 is 0. The van der Waals surface area contributed by atoms with E-state index in [9.17, 15) is 13.2 Å². The highest BCUT2D eigenvalue weighted by molar-refractivity contribution is 7.89. The van der Waals surface area contributed by atoms with Crippen molar-refractivity contribution in [2.24, 2.45) is 0 Å². The maximum absolute atomic E-state index is 12.7. The molecule has 0 spiro atoms. The summed E-state index contributed by atoms with van der Waals surface area (Å²) in [6.07, 6.45) is 0. The van der Waals surface area contributed by atoms with Crippen LogP contribution in [-0.4, -0.2) is 76.9 Å². The van der Waals surface area contributed by atoms with Gasteiger partial charge in [-0.05, 0) is 49.2 Å². The van der Waals surface area contributed by atoms with Crippen molar-refractivity contribution in [1.29, 1.82) is 0 Å². The number of hydrogen-bond acceptors (Lipinski definition) is 5. The van der Waals surface area contributed by atoms with Gasteiger partial charge in [0.2, 0.25) is 10.0 Å². The number of carbonyl (C=O) groups is 1. The summed E-state index contributed by atoms with van der Waals surface area (Å²) in [4.78, 5) is 17.6. The summed E-state index contributed by atoms with van der Waals surface area (Å²) in [7, 11) is -0.623. The van der Waals surface area contributed by atoms with Gasteiger partial charge in [0.25, 0.3) is 5.91 Å². The Hall–Kier alpha value is -2.42. The molecular formula is C23H32N4O3S. The van der Waals surface area contributed by atoms with Crippen LogP contribution in [0.25, 0.3) is 0 Å². The van der Waals surface area contributed by atoms with Crippen molar-refractivity contribution in [1.82, 2.24) is 14.5 Å². The number of hydrogen-bond donors (Lipinski definition) is 1. The highest BCUT2D eigenvalue weighted by Crippen LogP contribution is 2.23. The maximum Gasteiger partial charge on any atom is 0.251 e. The van der Waals surface area contributed by atoms with Gasteiger partial charge in [0.05, 0.1) is 4.90 Å². The molecule has 0 aromatic heterocycles. The number of piperazine rings is 1. The first kappa shape index (κ1) is 23.2. The summed E-state index contributed by atoms with van der Waals surface area (Å²) < 4.78 is 26.4. The van der Waals surface area contributed by atoms with Gasteiger partial charge in [-0.25, -0.2) is 12.7 Å². The minimum Gasteiger partial charge on any atom is -0.369 e. The Morgan fingerprint density at radius 2 is 1.68 bits per heavy atom. The maximum atomic E-state index is 12.7. The zero-order chi connectivity index (χ0) is 22.6. The molecule has 2 aromatic rings. The Labute approximate surface area is 185 Å². The van der Waals surface area contributed by atoms with Crippen molar-refractivity contribution in [2.75, 3.05) is 58.3 Å². The molecule has 1 amide bonds. The molecular weight excluding hydrogens is 412 g/mol. The summed E-state index contributed by atoms with van der Waals surface area (Å²) in [5, 5.41) is 2.94. The lowest BCUT2D eigenvalue weighted by Gasteiger charge is -2.36. The van der Waals surface area contributed by atoms with Crippen LogP contribution in [0.4, 0.5) is 5.69 Å². The molecule has 0 aliphatic carbocycles. The van der Waals surface area contributed by atoms with Crippen LogP contribution in [0, 0.1) is 13.8 Å². The second kappa shape index (κ2) is 9.80. The first-order valence-corrected chi connectivity index (χ1v) is 12.0. The number of anilines is 1. The molecule has 0 atom stereocenters. The van der Waals surface area contributed by atoms with Crippen molar-refractivity contribution in [3.8, 4) is 0 Å². The molecule has 1 aliphatic rings. The molecule has 0 unspecified atom stereocenters. The predicted molar refractivity (Wildman–Crippen MR) is 124 cm³/mol. The number of sulfonamides is 1. The van der Waals surface area contributed by atoms with Gasteiger partial charge < -0.3 is 10.2 Å². The highest BCUT2D eigenvalue weighted by atomic mass is 32.2. The van der Waals surface area contributed by atoms with Gasteiger partial charge in [-0.3, -0.25) is 9.69 Å². The molecule has 0 radical (unpaired) electrons. The third-order valence-electron chi connectivity index (χ3n) is 5.85. The van der Waals surface area contributed by atoms with E-state index in [0.717, 1.165) is 38.3 Å². The molecule has 1 fully saturated rings. The molecule has 7 nitrogen and oxygen atoms in total. The Bertz CT molecular complexity index is 1010. The van der Waals surface area contributed by atoms with E-state index in [2.05, 4.69) is 39.4 Å². The Morgan fingerprint density at radius 1 is 1.03 bits per heavy atom. The van der Waals surface area contributed by atoms with Crippen LogP contribution in [0.1, 0.15) is 21.5 Å². The molecule has 0 saturated carbocycles. The van der Waals surface area contributed by atoms with E-state index in [1.165, 1.54) is 30.2 Å². The average Bonchev–Trinajstić information content (AvgIpc) is 2.76. The van der Waals surface area contributed by atoms with E-state index in [1.54, 1.807) is 13.0 Å². The lowest BCUT2D eigenvalue weighted by Crippen LogP contribution is -2.48. The second-order valence-corrected chi connectivity index (χ2v) is 10.2. The van der Waals surface area contributed by atoms with E-state index < -0.39 is 10.0 Å². The topological polar surface area (TPSA) is 73.0 Å². The summed E-state index contributed by atoms with van der Waals surface area (Å²) in [6.45, 7) is 8.69. The van der Waals surface area contributed by atoms with Crippen molar-refractivity contribution in [2.45, 2.75) is 18.7 Å². The van der Waals surface area contributed by atoms with Crippen LogP contribution in [0.3, 0.4) is 0 Å². The number of carbonyl (C=O) groups excluding carboxylic acids is 1. The molecule has 1 heterocycles. The zero-order valence-electron chi connectivity index (χ0n) is 18.8. The van der Waals surface area contributed by atoms with Crippen LogP contribution >= 0.6 is 0 Å². The fourth-order valence-corrected chi connectivity index (χ4v) is 4.94. The van der Waals surface area contributed by atoms with Gasteiger partial charge >= 0.3 is 0 Å². The first-order valence-electron chi connectivity index (χ1n) is 10.5. The normalized spacial score (nSPS) is 15.3. The predicted octanol–water partition coefficient (Wildman–Crippen LogP) is 2.11. The van der Waals surface area contributed by atoms with Crippen LogP contribution in [0.15, 0.2) is 47.4 Å². The molecule has 1 N–H and O–H groups in total. The van der Waals surface area contributed by atoms with Crippen LogP contribution in [0.5, 0.6) is 0 Å². The van der Waals surface area contributed by atoms with Gasteiger partial charge in [-0.2, -0.15) is 0 Å². The third kappa shape index (κ3) is 5.44. The standard InChI is InChI=1S/C23H32N4O3S/c1-18-16-20(17-22(19(18)2)31(29,30)25(3)4)23(28)24-10-11-26-12-14-27(15-13-26)21-8-6-5-7-9-21/h5-9,16-17H,10-15H2,1-4H3,(H,24,28). The quantitative estimate of drug-likeness (QED) is 0.708. The molecule has 3 rings (SSSR count). The van der Waals surface area contributed by atoms with Crippen molar-refractivity contribution >= 4 is 21.6 Å². The van der Waals surface area contributed by atoms with Crippen LogP contribution < -0.4 is 10.2 Å². The van der Waals surface area contributed by atoms with E-state index in [0.29, 0.717) is 17.7 Å². The van der Waals surface area contributed by atoms with E-state index in [-0.39, 0.29) is 10.8 Å². The van der Waals surface area contributed by atoms with E-state index in [4.69, 9.17) is 0 Å². The van der Waals surface area contributed by atoms with Gasteiger partial charge in [-0.1, -0.05) is 18.2 Å². The lowest BCUT2D eigenvalue weighted by molar-refractivity contribution is 0.0947. The second-order valence-electron chi connectivity index (χ2n) is 8.12. The number of amides is 1. The fraction of sp³-hybridized carbons (Fsp3) is 0.435. The van der Waals surface area contributed by atoms with Gasteiger partial charge in [-0.15, -0.1) is 0 Å². The summed E-state index contributed by atoms with van der Waals surface area (Å²) in [5.74, 6) is -0.249. The fourth-order valence-electron chi connectivity index (χ4n) is 3.72.